The Labute approximate surface area is 138 Å². The van der Waals surface area contributed by atoms with E-state index in [4.69, 9.17) is 4.42 Å². The van der Waals surface area contributed by atoms with E-state index < -0.39 is 0 Å². The predicted octanol–water partition coefficient (Wildman–Crippen LogP) is 5.47. The Hall–Kier alpha value is -1.77. The first-order chi connectivity index (χ1) is 10.9. The maximum absolute atomic E-state index is 12.2. The van der Waals surface area contributed by atoms with Crippen molar-refractivity contribution in [2.45, 2.75) is 65.7 Å². The first-order valence-electron chi connectivity index (χ1n) is 8.76. The molecule has 1 heterocycles. The van der Waals surface area contributed by atoms with E-state index in [1.165, 1.54) is 36.6 Å². The van der Waals surface area contributed by atoms with Crippen LogP contribution < -0.4 is 5.32 Å². The van der Waals surface area contributed by atoms with Crippen LogP contribution in [-0.2, 0) is 17.6 Å². The molecule has 124 valence electrons. The Bertz CT molecular complexity index is 706. The molecule has 0 aliphatic heterocycles. The zero-order chi connectivity index (χ0) is 16.4. The number of hydrogen-bond acceptors (Lipinski definition) is 2. The Kier molecular flexibility index (Phi) is 4.47. The molecule has 1 aliphatic rings. The van der Waals surface area contributed by atoms with Crippen LogP contribution in [0.3, 0.4) is 0 Å². The van der Waals surface area contributed by atoms with Gasteiger partial charge in [0.1, 0.15) is 11.3 Å². The van der Waals surface area contributed by atoms with Crippen LogP contribution in [0.1, 0.15) is 64.2 Å². The summed E-state index contributed by atoms with van der Waals surface area (Å²) in [6, 6.07) is 6.02. The van der Waals surface area contributed by atoms with Gasteiger partial charge in [0.15, 0.2) is 0 Å². The van der Waals surface area contributed by atoms with Crippen molar-refractivity contribution in [3.8, 4) is 0 Å². The zero-order valence-electron chi connectivity index (χ0n) is 14.5. The van der Waals surface area contributed by atoms with Gasteiger partial charge in [0, 0.05) is 29.5 Å². The molecule has 0 spiro atoms. The normalized spacial score (nSPS) is 15.8. The van der Waals surface area contributed by atoms with Gasteiger partial charge in [-0.2, -0.15) is 0 Å². The minimum absolute atomic E-state index is 0.000837. The first kappa shape index (κ1) is 16.1. The third-order valence-corrected chi connectivity index (χ3v) is 4.43. The highest BCUT2D eigenvalue weighted by molar-refractivity contribution is 5.94. The fraction of sp³-hybridized carbons (Fsp3) is 0.550. The molecule has 1 N–H and O–H groups in total. The summed E-state index contributed by atoms with van der Waals surface area (Å²) >= 11 is 0. The largest absolute Gasteiger partial charge is 0.461 e. The number of fused-ring (bicyclic) bond motifs is 3. The molecule has 0 radical (unpaired) electrons. The molecule has 3 rings (SSSR count). The minimum Gasteiger partial charge on any atom is -0.461 e. The smallest absolute Gasteiger partial charge is 0.224 e. The SMILES string of the molecule is CC(C)(C)CC(=O)Nc1ccc2oc3c(c2c1)CCCCCC3. The number of anilines is 1. The molecule has 23 heavy (non-hydrogen) atoms. The van der Waals surface area contributed by atoms with Crippen LogP contribution in [0.2, 0.25) is 0 Å². The van der Waals surface area contributed by atoms with Gasteiger partial charge in [-0.25, -0.2) is 0 Å². The van der Waals surface area contributed by atoms with Crippen molar-refractivity contribution in [2.24, 2.45) is 5.41 Å². The van der Waals surface area contributed by atoms with Gasteiger partial charge in [-0.1, -0.05) is 33.6 Å². The maximum Gasteiger partial charge on any atom is 0.224 e. The highest BCUT2D eigenvalue weighted by atomic mass is 16.3. The summed E-state index contributed by atoms with van der Waals surface area (Å²) in [5.41, 5.74) is 3.17. The van der Waals surface area contributed by atoms with Gasteiger partial charge in [-0.3, -0.25) is 4.79 Å². The molecular formula is C20H27NO2. The molecule has 0 atom stereocenters. The van der Waals surface area contributed by atoms with Gasteiger partial charge >= 0.3 is 0 Å². The lowest BCUT2D eigenvalue weighted by Crippen LogP contribution is -2.19. The van der Waals surface area contributed by atoms with Crippen LogP contribution in [0, 0.1) is 5.41 Å². The van der Waals surface area contributed by atoms with Crippen LogP contribution in [0.25, 0.3) is 11.0 Å². The fourth-order valence-electron chi connectivity index (χ4n) is 3.38. The van der Waals surface area contributed by atoms with E-state index in [0.29, 0.717) is 6.42 Å². The number of furan rings is 1. The van der Waals surface area contributed by atoms with Crippen LogP contribution in [-0.4, -0.2) is 5.91 Å². The molecule has 0 bridgehead atoms. The number of carbonyl (C=O) groups is 1. The second-order valence-corrected chi connectivity index (χ2v) is 7.91. The lowest BCUT2D eigenvalue weighted by atomic mass is 9.92. The molecule has 3 nitrogen and oxygen atoms in total. The molecule has 0 fully saturated rings. The number of rotatable bonds is 2. The first-order valence-corrected chi connectivity index (χ1v) is 8.76. The molecule has 0 unspecified atom stereocenters. The van der Waals surface area contributed by atoms with Crippen molar-refractivity contribution >= 4 is 22.6 Å². The minimum atomic E-state index is -0.000837. The molecule has 1 aromatic carbocycles. The van der Waals surface area contributed by atoms with Crippen LogP contribution in [0.5, 0.6) is 0 Å². The lowest BCUT2D eigenvalue weighted by molar-refractivity contribution is -0.117. The van der Waals surface area contributed by atoms with E-state index in [9.17, 15) is 4.79 Å². The maximum atomic E-state index is 12.2. The van der Waals surface area contributed by atoms with Gasteiger partial charge in [-0.05, 0) is 42.9 Å². The van der Waals surface area contributed by atoms with E-state index in [1.54, 1.807) is 0 Å². The number of carbonyl (C=O) groups excluding carboxylic acids is 1. The third kappa shape index (κ3) is 3.95. The lowest BCUT2D eigenvalue weighted by Gasteiger charge is -2.17. The van der Waals surface area contributed by atoms with Crippen LogP contribution in [0.4, 0.5) is 5.69 Å². The van der Waals surface area contributed by atoms with E-state index in [-0.39, 0.29) is 11.3 Å². The summed E-state index contributed by atoms with van der Waals surface area (Å²) in [6.45, 7) is 6.23. The van der Waals surface area contributed by atoms with Crippen molar-refractivity contribution in [3.63, 3.8) is 0 Å². The average Bonchev–Trinajstić information content (AvgIpc) is 2.73. The van der Waals surface area contributed by atoms with Crippen molar-refractivity contribution in [1.82, 2.24) is 0 Å². The standard InChI is InChI=1S/C20H27NO2/c1-20(2,3)13-19(22)21-14-10-11-18-16(12-14)15-8-6-4-5-7-9-17(15)23-18/h10-12H,4-9,13H2,1-3H3,(H,21,22). The molecule has 1 amide bonds. The molecule has 3 heteroatoms. The molecule has 0 saturated heterocycles. The summed E-state index contributed by atoms with van der Waals surface area (Å²) in [7, 11) is 0. The van der Waals surface area contributed by atoms with E-state index in [1.807, 2.05) is 12.1 Å². The average molecular weight is 313 g/mol. The van der Waals surface area contributed by atoms with Crippen molar-refractivity contribution in [2.75, 3.05) is 5.32 Å². The number of hydrogen-bond donors (Lipinski definition) is 1. The van der Waals surface area contributed by atoms with Crippen molar-refractivity contribution < 1.29 is 9.21 Å². The molecular weight excluding hydrogens is 286 g/mol. The van der Waals surface area contributed by atoms with Gasteiger partial charge in [0.05, 0.1) is 0 Å². The van der Waals surface area contributed by atoms with E-state index >= 15 is 0 Å². The summed E-state index contributed by atoms with van der Waals surface area (Å²) < 4.78 is 6.05. The number of nitrogens with one attached hydrogen (secondary N) is 1. The summed E-state index contributed by atoms with van der Waals surface area (Å²) in [5, 5.41) is 4.21. The monoisotopic (exact) mass is 313 g/mol. The molecule has 1 aliphatic carbocycles. The van der Waals surface area contributed by atoms with Gasteiger partial charge < -0.3 is 9.73 Å². The number of amides is 1. The summed E-state index contributed by atoms with van der Waals surface area (Å²) in [6.07, 6.45) is 7.68. The zero-order valence-corrected chi connectivity index (χ0v) is 14.5. The summed E-state index contributed by atoms with van der Waals surface area (Å²) in [4.78, 5) is 12.2. The Balaban J connectivity index is 1.86. The van der Waals surface area contributed by atoms with Crippen LogP contribution >= 0.6 is 0 Å². The second-order valence-electron chi connectivity index (χ2n) is 7.91. The Morgan fingerprint density at radius 3 is 2.61 bits per heavy atom. The predicted molar refractivity (Wildman–Crippen MR) is 94.8 cm³/mol. The molecule has 1 aromatic heterocycles. The van der Waals surface area contributed by atoms with E-state index in [0.717, 1.165) is 29.9 Å². The van der Waals surface area contributed by atoms with Gasteiger partial charge in [0.25, 0.3) is 0 Å². The fourth-order valence-corrected chi connectivity index (χ4v) is 3.38. The third-order valence-electron chi connectivity index (χ3n) is 4.43. The number of aryl methyl sites for hydroxylation is 2. The van der Waals surface area contributed by atoms with Crippen molar-refractivity contribution in [1.29, 1.82) is 0 Å². The van der Waals surface area contributed by atoms with E-state index in [2.05, 4.69) is 32.2 Å². The molecule has 2 aromatic rings. The van der Waals surface area contributed by atoms with Gasteiger partial charge in [0.2, 0.25) is 5.91 Å². The Morgan fingerprint density at radius 1 is 1.13 bits per heavy atom. The highest BCUT2D eigenvalue weighted by Crippen LogP contribution is 2.32. The number of benzene rings is 1. The van der Waals surface area contributed by atoms with Crippen molar-refractivity contribution in [3.05, 3.63) is 29.5 Å². The highest BCUT2D eigenvalue weighted by Gasteiger charge is 2.18. The quantitative estimate of drug-likeness (QED) is 0.799. The Morgan fingerprint density at radius 2 is 1.87 bits per heavy atom. The summed E-state index contributed by atoms with van der Waals surface area (Å²) in [5.74, 6) is 1.22. The topological polar surface area (TPSA) is 42.2 Å². The second kappa shape index (κ2) is 6.38. The van der Waals surface area contributed by atoms with Crippen LogP contribution in [0.15, 0.2) is 22.6 Å². The van der Waals surface area contributed by atoms with Gasteiger partial charge in [-0.15, -0.1) is 0 Å². The molecule has 0 saturated carbocycles.